The predicted octanol–water partition coefficient (Wildman–Crippen LogP) is 2.13. The van der Waals surface area contributed by atoms with Gasteiger partial charge in [-0.2, -0.15) is 0 Å². The van der Waals surface area contributed by atoms with Gasteiger partial charge in [-0.15, -0.1) is 0 Å². The van der Waals surface area contributed by atoms with Gasteiger partial charge in [0.25, 0.3) is 0 Å². The molecule has 0 unspecified atom stereocenters. The fourth-order valence-electron chi connectivity index (χ4n) is 2.78. The van der Waals surface area contributed by atoms with Crippen LogP contribution in [0, 0.1) is 11.8 Å². The lowest BCUT2D eigenvalue weighted by atomic mass is 10.0. The first-order valence-electron chi connectivity index (χ1n) is 8.46. The van der Waals surface area contributed by atoms with Crippen molar-refractivity contribution in [3.05, 3.63) is 35.9 Å². The molecule has 1 aliphatic heterocycles. The first-order valence-corrected chi connectivity index (χ1v) is 8.46. The summed E-state index contributed by atoms with van der Waals surface area (Å²) in [6.45, 7) is 4.79. The van der Waals surface area contributed by atoms with Gasteiger partial charge in [-0.3, -0.25) is 4.79 Å². The SMILES string of the molecule is C[C@@H]1CCCCN1C(=O)[C@@H](C)NC(=O)NCC#Cc1ccccc1. The fraction of sp³-hybridized carbons (Fsp3) is 0.474. The van der Waals surface area contributed by atoms with E-state index in [9.17, 15) is 9.59 Å². The summed E-state index contributed by atoms with van der Waals surface area (Å²) in [5, 5.41) is 5.35. The Morgan fingerprint density at radius 1 is 1.29 bits per heavy atom. The Kier molecular flexibility index (Phi) is 6.68. The number of piperidine rings is 1. The minimum Gasteiger partial charge on any atom is -0.338 e. The highest BCUT2D eigenvalue weighted by Gasteiger charge is 2.27. The Morgan fingerprint density at radius 2 is 2.04 bits per heavy atom. The minimum absolute atomic E-state index is 0.0206. The van der Waals surface area contributed by atoms with Gasteiger partial charge < -0.3 is 15.5 Å². The van der Waals surface area contributed by atoms with Crippen LogP contribution in [0.2, 0.25) is 0 Å². The van der Waals surface area contributed by atoms with Gasteiger partial charge in [0.05, 0.1) is 6.54 Å². The summed E-state index contributed by atoms with van der Waals surface area (Å²) in [6, 6.07) is 8.92. The Balaban J connectivity index is 1.75. The molecule has 1 aromatic carbocycles. The average molecular weight is 327 g/mol. The van der Waals surface area contributed by atoms with Crippen LogP contribution in [0.4, 0.5) is 4.79 Å². The van der Waals surface area contributed by atoms with E-state index in [2.05, 4.69) is 29.4 Å². The number of carbonyl (C=O) groups excluding carboxylic acids is 2. The third-order valence-electron chi connectivity index (χ3n) is 4.15. The van der Waals surface area contributed by atoms with Crippen molar-refractivity contribution >= 4 is 11.9 Å². The van der Waals surface area contributed by atoms with Crippen LogP contribution in [0.5, 0.6) is 0 Å². The number of likely N-dealkylation sites (tertiary alicyclic amines) is 1. The number of nitrogens with zero attached hydrogens (tertiary/aromatic N) is 1. The van der Waals surface area contributed by atoms with Crippen molar-refractivity contribution in [2.75, 3.05) is 13.1 Å². The van der Waals surface area contributed by atoms with Crippen LogP contribution in [0.25, 0.3) is 0 Å². The zero-order chi connectivity index (χ0) is 17.4. The van der Waals surface area contributed by atoms with E-state index >= 15 is 0 Å². The van der Waals surface area contributed by atoms with Crippen LogP contribution in [-0.4, -0.2) is 42.0 Å². The van der Waals surface area contributed by atoms with Crippen LogP contribution >= 0.6 is 0 Å². The normalized spacial score (nSPS) is 18.1. The number of amides is 3. The Hall–Kier alpha value is -2.48. The van der Waals surface area contributed by atoms with Crippen molar-refractivity contribution < 1.29 is 9.59 Å². The molecule has 1 saturated heterocycles. The second-order valence-electron chi connectivity index (χ2n) is 6.09. The van der Waals surface area contributed by atoms with Gasteiger partial charge >= 0.3 is 6.03 Å². The molecule has 0 radical (unpaired) electrons. The topological polar surface area (TPSA) is 61.4 Å². The average Bonchev–Trinajstić information content (AvgIpc) is 2.59. The van der Waals surface area contributed by atoms with Crippen LogP contribution in [0.3, 0.4) is 0 Å². The molecule has 0 bridgehead atoms. The zero-order valence-electron chi connectivity index (χ0n) is 14.3. The van der Waals surface area contributed by atoms with Gasteiger partial charge in [0.2, 0.25) is 5.91 Å². The van der Waals surface area contributed by atoms with Gasteiger partial charge in [-0.25, -0.2) is 4.79 Å². The smallest absolute Gasteiger partial charge is 0.316 e. The first-order chi connectivity index (χ1) is 11.6. The number of hydrogen-bond acceptors (Lipinski definition) is 2. The monoisotopic (exact) mass is 327 g/mol. The summed E-state index contributed by atoms with van der Waals surface area (Å²) in [4.78, 5) is 26.2. The molecule has 5 heteroatoms. The number of nitrogens with one attached hydrogen (secondary N) is 2. The van der Waals surface area contributed by atoms with E-state index < -0.39 is 6.04 Å². The van der Waals surface area contributed by atoms with Gasteiger partial charge in [0.15, 0.2) is 0 Å². The maximum absolute atomic E-state index is 12.4. The highest BCUT2D eigenvalue weighted by molar-refractivity contribution is 5.87. The Labute approximate surface area is 143 Å². The quantitative estimate of drug-likeness (QED) is 0.836. The van der Waals surface area contributed by atoms with Gasteiger partial charge in [0, 0.05) is 18.2 Å². The van der Waals surface area contributed by atoms with E-state index in [1.54, 1.807) is 6.92 Å². The van der Waals surface area contributed by atoms with Crippen molar-refractivity contribution in [3.8, 4) is 11.8 Å². The molecule has 0 aromatic heterocycles. The molecule has 0 spiro atoms. The van der Waals surface area contributed by atoms with Crippen molar-refractivity contribution in [2.24, 2.45) is 0 Å². The molecule has 0 saturated carbocycles. The molecule has 1 heterocycles. The van der Waals surface area contributed by atoms with Crippen molar-refractivity contribution in [2.45, 2.75) is 45.2 Å². The second-order valence-corrected chi connectivity index (χ2v) is 6.09. The molecule has 1 aliphatic rings. The molecule has 1 aromatic rings. The summed E-state index contributed by atoms with van der Waals surface area (Å²) < 4.78 is 0. The lowest BCUT2D eigenvalue weighted by Gasteiger charge is -2.35. The van der Waals surface area contributed by atoms with Crippen LogP contribution < -0.4 is 10.6 Å². The van der Waals surface area contributed by atoms with Crippen molar-refractivity contribution in [1.82, 2.24) is 15.5 Å². The molecular formula is C19H25N3O2. The number of benzene rings is 1. The first kappa shape index (κ1) is 17.9. The molecular weight excluding hydrogens is 302 g/mol. The van der Waals surface area contributed by atoms with Crippen molar-refractivity contribution in [3.63, 3.8) is 0 Å². The Morgan fingerprint density at radius 3 is 2.75 bits per heavy atom. The molecule has 2 rings (SSSR count). The van der Waals surface area contributed by atoms with Crippen molar-refractivity contribution in [1.29, 1.82) is 0 Å². The fourth-order valence-corrected chi connectivity index (χ4v) is 2.78. The van der Waals surface area contributed by atoms with E-state index in [1.165, 1.54) is 0 Å². The number of hydrogen-bond donors (Lipinski definition) is 2. The van der Waals surface area contributed by atoms with Gasteiger partial charge in [-0.05, 0) is 45.2 Å². The largest absolute Gasteiger partial charge is 0.338 e. The van der Waals surface area contributed by atoms with Gasteiger partial charge in [-0.1, -0.05) is 30.0 Å². The summed E-state index contributed by atoms with van der Waals surface area (Å²) >= 11 is 0. The lowest BCUT2D eigenvalue weighted by Crippen LogP contribution is -2.53. The molecule has 5 nitrogen and oxygen atoms in total. The van der Waals surface area contributed by atoms with E-state index in [0.29, 0.717) is 0 Å². The van der Waals surface area contributed by atoms with Crippen LogP contribution in [0.15, 0.2) is 30.3 Å². The maximum atomic E-state index is 12.4. The van der Waals surface area contributed by atoms with E-state index in [4.69, 9.17) is 0 Å². The third-order valence-corrected chi connectivity index (χ3v) is 4.15. The molecule has 3 amide bonds. The molecule has 24 heavy (non-hydrogen) atoms. The van der Waals surface area contributed by atoms with E-state index in [1.807, 2.05) is 35.2 Å². The van der Waals surface area contributed by atoms with E-state index in [0.717, 1.165) is 31.4 Å². The Bertz CT molecular complexity index is 618. The van der Waals surface area contributed by atoms with Crippen LogP contribution in [-0.2, 0) is 4.79 Å². The molecule has 2 atom stereocenters. The molecule has 0 aliphatic carbocycles. The van der Waals surface area contributed by atoms with Crippen LogP contribution in [0.1, 0.15) is 38.7 Å². The van der Waals surface area contributed by atoms with Gasteiger partial charge in [0.1, 0.15) is 6.04 Å². The summed E-state index contributed by atoms with van der Waals surface area (Å²) in [6.07, 6.45) is 3.22. The highest BCUT2D eigenvalue weighted by atomic mass is 16.2. The zero-order valence-corrected chi connectivity index (χ0v) is 14.3. The summed E-state index contributed by atoms with van der Waals surface area (Å²) in [5.41, 5.74) is 0.905. The minimum atomic E-state index is -0.535. The third kappa shape index (κ3) is 5.31. The lowest BCUT2D eigenvalue weighted by molar-refractivity contribution is -0.136. The number of urea groups is 1. The summed E-state index contributed by atoms with van der Waals surface area (Å²) in [7, 11) is 0. The standard InChI is InChI=1S/C19H25N3O2/c1-15-9-6-7-14-22(15)18(23)16(2)21-19(24)20-13-8-12-17-10-4-3-5-11-17/h3-5,10-11,15-16H,6-7,9,13-14H2,1-2H3,(H2,20,21,24)/t15-,16-/m1/s1. The maximum Gasteiger partial charge on any atom is 0.316 e. The predicted molar refractivity (Wildman–Crippen MR) is 94.3 cm³/mol. The van der Waals surface area contributed by atoms with E-state index in [-0.39, 0.29) is 24.5 Å². The summed E-state index contributed by atoms with van der Waals surface area (Å²) in [5.74, 6) is 5.83. The number of rotatable bonds is 3. The molecule has 1 fully saturated rings. The second kappa shape index (κ2) is 8.97. The molecule has 128 valence electrons. The highest BCUT2D eigenvalue weighted by Crippen LogP contribution is 2.17. The molecule has 2 N–H and O–H groups in total. The number of carbonyl (C=O) groups is 2.